The summed E-state index contributed by atoms with van der Waals surface area (Å²) in [6.07, 6.45) is 8.37. The average Bonchev–Trinajstić information content (AvgIpc) is 2.18. The van der Waals surface area contributed by atoms with Gasteiger partial charge in [-0.05, 0) is 12.3 Å². The van der Waals surface area contributed by atoms with Crippen molar-refractivity contribution < 1.29 is 4.79 Å². The summed E-state index contributed by atoms with van der Waals surface area (Å²) in [5.74, 6) is 1.08. The first-order valence-corrected chi connectivity index (χ1v) is 5.96. The number of carbonyl (C=O) groups is 1. The highest BCUT2D eigenvalue weighted by Crippen LogP contribution is 2.28. The lowest BCUT2D eigenvalue weighted by molar-refractivity contribution is -0.118. The molecule has 1 atom stereocenters. The van der Waals surface area contributed by atoms with Gasteiger partial charge in [-0.2, -0.15) is 12.6 Å². The zero-order valence-electron chi connectivity index (χ0n) is 8.46. The molecule has 0 aliphatic heterocycles. The Balaban J connectivity index is 2.25. The number of Topliss-reactive ketones (excluding diaryl/α,β-unsaturated/α-hetero) is 1. The smallest absolute Gasteiger partial charge is 0.145 e. The molecular formula is C11H20OS. The van der Waals surface area contributed by atoms with Gasteiger partial charge in [-0.15, -0.1) is 0 Å². The fourth-order valence-electron chi connectivity index (χ4n) is 2.11. The van der Waals surface area contributed by atoms with Crippen LogP contribution in [0.2, 0.25) is 0 Å². The van der Waals surface area contributed by atoms with Crippen molar-refractivity contribution in [3.8, 4) is 0 Å². The number of carbonyl (C=O) groups excluding carboxylic acids is 1. The third-order valence-electron chi connectivity index (χ3n) is 3.00. The molecule has 1 nitrogen and oxygen atoms in total. The molecule has 0 aromatic carbocycles. The number of hydrogen-bond donors (Lipinski definition) is 1. The van der Waals surface area contributed by atoms with E-state index in [0.29, 0.717) is 12.2 Å². The Bertz CT molecular complexity index is 161. The van der Waals surface area contributed by atoms with Gasteiger partial charge in [-0.25, -0.2) is 0 Å². The highest BCUT2D eigenvalue weighted by Gasteiger charge is 2.20. The topological polar surface area (TPSA) is 17.1 Å². The standard InChI is InChI=1S/C11H20OS/c1-2-10(12)11(13)8-9-6-4-3-5-7-9/h9,11,13H,2-8H2,1H3. The average molecular weight is 200 g/mol. The highest BCUT2D eigenvalue weighted by atomic mass is 32.1. The van der Waals surface area contributed by atoms with Gasteiger partial charge in [-0.3, -0.25) is 4.79 Å². The van der Waals surface area contributed by atoms with Crippen LogP contribution in [0.4, 0.5) is 0 Å². The van der Waals surface area contributed by atoms with E-state index in [4.69, 9.17) is 0 Å². The van der Waals surface area contributed by atoms with Crippen LogP contribution in [0.25, 0.3) is 0 Å². The molecule has 2 heteroatoms. The van der Waals surface area contributed by atoms with Gasteiger partial charge in [0.25, 0.3) is 0 Å². The maximum Gasteiger partial charge on any atom is 0.145 e. The monoisotopic (exact) mass is 200 g/mol. The Morgan fingerprint density at radius 3 is 2.54 bits per heavy atom. The minimum absolute atomic E-state index is 0.00750. The van der Waals surface area contributed by atoms with Crippen LogP contribution >= 0.6 is 12.6 Å². The van der Waals surface area contributed by atoms with Crippen molar-refractivity contribution in [3.05, 3.63) is 0 Å². The van der Waals surface area contributed by atoms with Gasteiger partial charge in [0.15, 0.2) is 0 Å². The van der Waals surface area contributed by atoms with Gasteiger partial charge < -0.3 is 0 Å². The van der Waals surface area contributed by atoms with Crippen LogP contribution in [0.3, 0.4) is 0 Å². The molecule has 0 N–H and O–H groups in total. The minimum atomic E-state index is 0.00750. The molecule has 0 radical (unpaired) electrons. The summed E-state index contributed by atoms with van der Waals surface area (Å²) in [6.45, 7) is 1.92. The van der Waals surface area contributed by atoms with Crippen LogP contribution in [-0.4, -0.2) is 11.0 Å². The van der Waals surface area contributed by atoms with E-state index in [9.17, 15) is 4.79 Å². The lowest BCUT2D eigenvalue weighted by Gasteiger charge is -2.23. The van der Waals surface area contributed by atoms with Crippen LogP contribution in [-0.2, 0) is 4.79 Å². The zero-order valence-corrected chi connectivity index (χ0v) is 9.35. The Morgan fingerprint density at radius 1 is 1.38 bits per heavy atom. The van der Waals surface area contributed by atoms with Gasteiger partial charge >= 0.3 is 0 Å². The lowest BCUT2D eigenvalue weighted by Crippen LogP contribution is -2.19. The largest absolute Gasteiger partial charge is 0.298 e. The fraction of sp³-hybridized carbons (Fsp3) is 0.909. The number of thiol groups is 1. The normalized spacial score (nSPS) is 21.4. The van der Waals surface area contributed by atoms with Crippen molar-refractivity contribution >= 4 is 18.4 Å². The van der Waals surface area contributed by atoms with E-state index < -0.39 is 0 Å². The molecule has 13 heavy (non-hydrogen) atoms. The molecule has 76 valence electrons. The molecule has 1 unspecified atom stereocenters. The Kier molecular flexibility index (Phi) is 4.86. The van der Waals surface area contributed by atoms with Crippen molar-refractivity contribution in [2.45, 2.75) is 57.1 Å². The summed E-state index contributed by atoms with van der Waals surface area (Å²) in [6, 6.07) is 0. The number of ketones is 1. The molecule has 1 fully saturated rings. The Hall–Kier alpha value is 0.0200. The molecule has 0 aromatic heterocycles. The van der Waals surface area contributed by atoms with E-state index >= 15 is 0 Å². The number of hydrogen-bond acceptors (Lipinski definition) is 2. The van der Waals surface area contributed by atoms with Crippen molar-refractivity contribution in [3.63, 3.8) is 0 Å². The molecule has 0 heterocycles. The van der Waals surface area contributed by atoms with E-state index in [2.05, 4.69) is 12.6 Å². The summed E-state index contributed by atoms with van der Waals surface area (Å²) < 4.78 is 0. The summed E-state index contributed by atoms with van der Waals surface area (Å²) in [7, 11) is 0. The second-order valence-electron chi connectivity index (χ2n) is 4.08. The van der Waals surface area contributed by atoms with Crippen LogP contribution in [0.15, 0.2) is 0 Å². The SMILES string of the molecule is CCC(=O)C(S)CC1CCCCC1. The molecule has 0 bridgehead atoms. The molecule has 0 aromatic rings. The van der Waals surface area contributed by atoms with Crippen LogP contribution in [0.5, 0.6) is 0 Å². The molecule has 1 saturated carbocycles. The van der Waals surface area contributed by atoms with Crippen molar-refractivity contribution in [2.24, 2.45) is 5.92 Å². The maximum atomic E-state index is 11.3. The second-order valence-corrected chi connectivity index (χ2v) is 4.70. The van der Waals surface area contributed by atoms with E-state index in [1.807, 2.05) is 6.92 Å². The first-order chi connectivity index (χ1) is 6.24. The van der Waals surface area contributed by atoms with E-state index in [-0.39, 0.29) is 5.25 Å². The van der Waals surface area contributed by atoms with Crippen molar-refractivity contribution in [2.75, 3.05) is 0 Å². The van der Waals surface area contributed by atoms with E-state index in [1.54, 1.807) is 0 Å². The first-order valence-electron chi connectivity index (χ1n) is 5.44. The van der Waals surface area contributed by atoms with Gasteiger partial charge in [0.05, 0.1) is 5.25 Å². The quantitative estimate of drug-likeness (QED) is 0.689. The summed E-state index contributed by atoms with van der Waals surface area (Å²) in [4.78, 5) is 11.3. The van der Waals surface area contributed by atoms with Gasteiger partial charge in [0.1, 0.15) is 5.78 Å². The van der Waals surface area contributed by atoms with Crippen molar-refractivity contribution in [1.82, 2.24) is 0 Å². The number of rotatable bonds is 4. The molecule has 1 aliphatic rings. The predicted octanol–water partition coefficient (Wildman–Crippen LogP) is 3.23. The third-order valence-corrected chi connectivity index (χ3v) is 3.50. The third kappa shape index (κ3) is 3.72. The van der Waals surface area contributed by atoms with E-state index in [1.165, 1.54) is 32.1 Å². The second kappa shape index (κ2) is 5.69. The zero-order chi connectivity index (χ0) is 9.68. The fourth-order valence-corrected chi connectivity index (χ4v) is 2.59. The molecule has 1 aliphatic carbocycles. The van der Waals surface area contributed by atoms with Gasteiger partial charge in [-0.1, -0.05) is 39.0 Å². The Morgan fingerprint density at radius 2 is 2.00 bits per heavy atom. The minimum Gasteiger partial charge on any atom is -0.298 e. The lowest BCUT2D eigenvalue weighted by atomic mass is 9.85. The molecular weight excluding hydrogens is 180 g/mol. The van der Waals surface area contributed by atoms with Crippen LogP contribution < -0.4 is 0 Å². The predicted molar refractivity (Wildman–Crippen MR) is 59.3 cm³/mol. The molecule has 1 rings (SSSR count). The van der Waals surface area contributed by atoms with Gasteiger partial charge in [0.2, 0.25) is 0 Å². The molecule has 0 amide bonds. The molecule has 0 spiro atoms. The van der Waals surface area contributed by atoms with Crippen LogP contribution in [0.1, 0.15) is 51.9 Å². The summed E-state index contributed by atoms with van der Waals surface area (Å²) >= 11 is 4.37. The Labute approximate surface area is 86.7 Å². The van der Waals surface area contributed by atoms with Crippen molar-refractivity contribution in [1.29, 1.82) is 0 Å². The maximum absolute atomic E-state index is 11.3. The van der Waals surface area contributed by atoms with Gasteiger partial charge in [0, 0.05) is 6.42 Å². The van der Waals surface area contributed by atoms with E-state index in [0.717, 1.165) is 12.3 Å². The molecule has 0 saturated heterocycles. The van der Waals surface area contributed by atoms with Crippen LogP contribution in [0, 0.1) is 5.92 Å². The highest BCUT2D eigenvalue weighted by molar-refractivity contribution is 7.81. The summed E-state index contributed by atoms with van der Waals surface area (Å²) in [5, 5.41) is 0.00750. The summed E-state index contributed by atoms with van der Waals surface area (Å²) in [5.41, 5.74) is 0. The first kappa shape index (κ1) is 11.1.